The number of rotatable bonds is 3. The molecule has 2 N–H and O–H groups in total. The predicted molar refractivity (Wildman–Crippen MR) is 92.9 cm³/mol. The lowest BCUT2D eigenvalue weighted by Gasteiger charge is -2.37. The monoisotopic (exact) mass is 304 g/mol. The number of fused-ring (bicyclic) bond motifs is 1. The largest absolute Gasteiger partial charge is 0.361 e. The van der Waals surface area contributed by atoms with E-state index in [1.165, 1.54) is 0 Å². The van der Waals surface area contributed by atoms with Gasteiger partial charge in [0.05, 0.1) is 5.41 Å². The maximum atomic E-state index is 13.4. The Hall–Kier alpha value is -2.39. The zero-order valence-corrected chi connectivity index (χ0v) is 13.0. The zero-order valence-electron chi connectivity index (χ0n) is 13.0. The van der Waals surface area contributed by atoms with E-state index in [2.05, 4.69) is 22.4 Å². The standard InChI is InChI=1S/C20H20N2O/c23-19(16-6-7-18-15(14-16)8-11-22-18)20(9-12-21-13-10-20)17-4-2-1-3-5-17/h1-8,11,14,21-22H,9-10,12-13H2. The van der Waals surface area contributed by atoms with Crippen molar-refractivity contribution >= 4 is 16.7 Å². The normalized spacial score (nSPS) is 17.2. The number of piperidine rings is 1. The molecule has 0 unspecified atom stereocenters. The lowest BCUT2D eigenvalue weighted by atomic mass is 9.68. The summed E-state index contributed by atoms with van der Waals surface area (Å²) < 4.78 is 0. The molecule has 23 heavy (non-hydrogen) atoms. The van der Waals surface area contributed by atoms with Crippen molar-refractivity contribution in [1.82, 2.24) is 10.3 Å². The van der Waals surface area contributed by atoms with E-state index in [0.29, 0.717) is 0 Å². The number of aromatic amines is 1. The van der Waals surface area contributed by atoms with Crippen LogP contribution in [0.4, 0.5) is 0 Å². The second kappa shape index (κ2) is 5.67. The fourth-order valence-electron chi connectivity index (χ4n) is 3.73. The molecule has 1 aromatic heterocycles. The Balaban J connectivity index is 1.80. The number of hydrogen-bond donors (Lipinski definition) is 2. The molecule has 3 aromatic rings. The van der Waals surface area contributed by atoms with Gasteiger partial charge in [0.25, 0.3) is 0 Å². The van der Waals surface area contributed by atoms with Gasteiger partial charge in [-0.05, 0) is 55.8 Å². The SMILES string of the molecule is O=C(c1ccc2[nH]ccc2c1)C1(c2ccccc2)CCNCC1. The lowest BCUT2D eigenvalue weighted by Crippen LogP contribution is -2.45. The number of nitrogens with one attached hydrogen (secondary N) is 2. The van der Waals surface area contributed by atoms with E-state index in [-0.39, 0.29) is 5.78 Å². The minimum Gasteiger partial charge on any atom is -0.361 e. The number of carbonyl (C=O) groups is 1. The number of carbonyl (C=O) groups excluding carboxylic acids is 1. The van der Waals surface area contributed by atoms with Crippen LogP contribution < -0.4 is 5.32 Å². The topological polar surface area (TPSA) is 44.9 Å². The van der Waals surface area contributed by atoms with Gasteiger partial charge in [-0.25, -0.2) is 0 Å². The predicted octanol–water partition coefficient (Wildman–Crippen LogP) is 3.67. The van der Waals surface area contributed by atoms with Gasteiger partial charge in [-0.15, -0.1) is 0 Å². The van der Waals surface area contributed by atoms with Crippen LogP contribution in [-0.4, -0.2) is 23.9 Å². The third-order valence-electron chi connectivity index (χ3n) is 5.03. The molecule has 2 aromatic carbocycles. The molecule has 1 aliphatic heterocycles. The average molecular weight is 304 g/mol. The van der Waals surface area contributed by atoms with Crippen molar-refractivity contribution in [2.24, 2.45) is 0 Å². The molecule has 2 heterocycles. The summed E-state index contributed by atoms with van der Waals surface area (Å²) in [4.78, 5) is 16.6. The Labute approximate surface area is 135 Å². The summed E-state index contributed by atoms with van der Waals surface area (Å²) in [6, 6.07) is 18.2. The number of hydrogen-bond acceptors (Lipinski definition) is 2. The highest BCUT2D eigenvalue weighted by Gasteiger charge is 2.41. The smallest absolute Gasteiger partial charge is 0.173 e. The Kier molecular flexibility index (Phi) is 3.50. The Morgan fingerprint density at radius 1 is 0.957 bits per heavy atom. The molecule has 0 atom stereocenters. The average Bonchev–Trinajstić information content (AvgIpc) is 3.10. The number of H-pyrrole nitrogens is 1. The van der Waals surface area contributed by atoms with Crippen LogP contribution in [0.25, 0.3) is 10.9 Å². The van der Waals surface area contributed by atoms with E-state index in [4.69, 9.17) is 0 Å². The first-order valence-corrected chi connectivity index (χ1v) is 8.18. The van der Waals surface area contributed by atoms with Crippen molar-refractivity contribution in [1.29, 1.82) is 0 Å². The summed E-state index contributed by atoms with van der Waals surface area (Å²) in [5.74, 6) is 0.244. The van der Waals surface area contributed by atoms with Crippen LogP contribution in [0.2, 0.25) is 0 Å². The molecule has 0 saturated carbocycles. The third kappa shape index (κ3) is 2.37. The van der Waals surface area contributed by atoms with Crippen LogP contribution >= 0.6 is 0 Å². The molecule has 1 fully saturated rings. The van der Waals surface area contributed by atoms with Crippen molar-refractivity contribution < 1.29 is 4.79 Å². The number of aromatic nitrogens is 1. The minimum atomic E-state index is -0.406. The maximum Gasteiger partial charge on any atom is 0.173 e. The van der Waals surface area contributed by atoms with Crippen LogP contribution in [-0.2, 0) is 5.41 Å². The van der Waals surface area contributed by atoms with E-state index >= 15 is 0 Å². The first kappa shape index (κ1) is 14.2. The third-order valence-corrected chi connectivity index (χ3v) is 5.03. The Bertz CT molecular complexity index is 829. The van der Waals surface area contributed by atoms with Crippen LogP contribution in [0.3, 0.4) is 0 Å². The molecule has 1 saturated heterocycles. The minimum absolute atomic E-state index is 0.244. The van der Waals surface area contributed by atoms with E-state index in [9.17, 15) is 4.79 Å². The van der Waals surface area contributed by atoms with Gasteiger partial charge in [0.1, 0.15) is 0 Å². The highest BCUT2D eigenvalue weighted by molar-refractivity contribution is 6.06. The molecule has 3 nitrogen and oxygen atoms in total. The van der Waals surface area contributed by atoms with E-state index in [1.54, 1.807) is 0 Å². The van der Waals surface area contributed by atoms with Crippen molar-refractivity contribution in [2.75, 3.05) is 13.1 Å². The van der Waals surface area contributed by atoms with Crippen LogP contribution in [0, 0.1) is 0 Å². The van der Waals surface area contributed by atoms with Crippen LogP contribution in [0.5, 0.6) is 0 Å². The molecule has 0 aliphatic carbocycles. The van der Waals surface area contributed by atoms with E-state index in [0.717, 1.165) is 48.0 Å². The van der Waals surface area contributed by atoms with Gasteiger partial charge in [-0.3, -0.25) is 4.79 Å². The van der Waals surface area contributed by atoms with E-state index in [1.807, 2.05) is 48.7 Å². The molecular weight excluding hydrogens is 284 g/mol. The first-order valence-electron chi connectivity index (χ1n) is 8.18. The summed E-state index contributed by atoms with van der Waals surface area (Å²) >= 11 is 0. The number of benzene rings is 2. The van der Waals surface area contributed by atoms with Gasteiger partial charge in [0, 0.05) is 22.7 Å². The fraction of sp³-hybridized carbons (Fsp3) is 0.250. The van der Waals surface area contributed by atoms with Crippen molar-refractivity contribution in [2.45, 2.75) is 18.3 Å². The molecular formula is C20H20N2O. The quantitative estimate of drug-likeness (QED) is 0.725. The second-order valence-electron chi connectivity index (χ2n) is 6.31. The highest BCUT2D eigenvalue weighted by Crippen LogP contribution is 2.37. The maximum absolute atomic E-state index is 13.4. The summed E-state index contributed by atoms with van der Waals surface area (Å²) in [6.07, 6.45) is 3.61. The lowest BCUT2D eigenvalue weighted by molar-refractivity contribution is 0.0847. The second-order valence-corrected chi connectivity index (χ2v) is 6.31. The molecule has 0 radical (unpaired) electrons. The van der Waals surface area contributed by atoms with Gasteiger partial charge in [0.15, 0.2) is 5.78 Å². The summed E-state index contributed by atoms with van der Waals surface area (Å²) in [6.45, 7) is 1.76. The van der Waals surface area contributed by atoms with Crippen LogP contribution in [0.15, 0.2) is 60.8 Å². The van der Waals surface area contributed by atoms with E-state index < -0.39 is 5.41 Å². The molecule has 3 heteroatoms. The zero-order chi connectivity index (χ0) is 15.7. The van der Waals surface area contributed by atoms with Gasteiger partial charge in [-0.1, -0.05) is 30.3 Å². The summed E-state index contributed by atoms with van der Waals surface area (Å²) in [5, 5.41) is 4.47. The first-order chi connectivity index (χ1) is 11.3. The van der Waals surface area contributed by atoms with Gasteiger partial charge in [0.2, 0.25) is 0 Å². The fourth-order valence-corrected chi connectivity index (χ4v) is 3.73. The Morgan fingerprint density at radius 2 is 1.74 bits per heavy atom. The molecule has 116 valence electrons. The van der Waals surface area contributed by atoms with Crippen molar-refractivity contribution in [3.05, 3.63) is 71.9 Å². The van der Waals surface area contributed by atoms with Crippen molar-refractivity contribution in [3.63, 3.8) is 0 Å². The molecule has 0 amide bonds. The summed E-state index contributed by atoms with van der Waals surface area (Å²) in [5.41, 5.74) is 2.61. The molecule has 4 rings (SSSR count). The van der Waals surface area contributed by atoms with Gasteiger partial charge in [-0.2, -0.15) is 0 Å². The van der Waals surface area contributed by atoms with Gasteiger partial charge >= 0.3 is 0 Å². The number of Topliss-reactive ketones (excluding diaryl/α,β-unsaturated/α-hetero) is 1. The highest BCUT2D eigenvalue weighted by atomic mass is 16.1. The Morgan fingerprint density at radius 3 is 2.52 bits per heavy atom. The molecule has 1 aliphatic rings. The van der Waals surface area contributed by atoms with Crippen molar-refractivity contribution in [3.8, 4) is 0 Å². The van der Waals surface area contributed by atoms with Gasteiger partial charge < -0.3 is 10.3 Å². The number of ketones is 1. The molecule has 0 spiro atoms. The summed E-state index contributed by atoms with van der Waals surface area (Å²) in [7, 11) is 0. The molecule has 0 bridgehead atoms. The van der Waals surface area contributed by atoms with Crippen LogP contribution in [0.1, 0.15) is 28.8 Å².